The van der Waals surface area contributed by atoms with Crippen LogP contribution in [-0.2, 0) is 13.0 Å². The largest absolute Gasteiger partial charge is 0.482 e. The fraction of sp³-hybridized carbons (Fsp3) is 0.429. The Labute approximate surface area is 116 Å². The Hall–Kier alpha value is -1.95. The minimum Gasteiger partial charge on any atom is -0.482 e. The number of aryl methyl sites for hydroxylation is 1. The summed E-state index contributed by atoms with van der Waals surface area (Å²) in [7, 11) is 0. The first-order chi connectivity index (χ1) is 9.60. The van der Waals surface area contributed by atoms with Gasteiger partial charge in [-0.05, 0) is 24.5 Å². The first kappa shape index (κ1) is 14.5. The van der Waals surface area contributed by atoms with Crippen molar-refractivity contribution in [3.63, 3.8) is 0 Å². The Morgan fingerprint density at radius 3 is 2.90 bits per heavy atom. The molecule has 0 fully saturated rings. The van der Waals surface area contributed by atoms with Gasteiger partial charge in [0.2, 0.25) is 11.7 Å². The smallest absolute Gasteiger partial charge is 0.223 e. The summed E-state index contributed by atoms with van der Waals surface area (Å²) in [6.45, 7) is 3.74. The molecule has 20 heavy (non-hydrogen) atoms. The van der Waals surface area contributed by atoms with Gasteiger partial charge in [0.1, 0.15) is 0 Å². The molecular formula is C14H18FN3O2. The maximum Gasteiger partial charge on any atom is 0.223 e. The Morgan fingerprint density at radius 2 is 2.25 bits per heavy atom. The number of nitrogens with two attached hydrogens (primary N) is 1. The number of rotatable bonds is 6. The van der Waals surface area contributed by atoms with Crippen molar-refractivity contribution in [2.45, 2.75) is 39.3 Å². The van der Waals surface area contributed by atoms with E-state index < -0.39 is 5.82 Å². The van der Waals surface area contributed by atoms with Crippen molar-refractivity contribution in [3.8, 4) is 5.75 Å². The van der Waals surface area contributed by atoms with E-state index in [1.807, 2.05) is 13.0 Å². The van der Waals surface area contributed by atoms with Crippen LogP contribution in [-0.4, -0.2) is 16.2 Å². The Balaban J connectivity index is 2.12. The molecule has 0 saturated carbocycles. The molecular weight excluding hydrogens is 261 g/mol. The SMILES string of the molecule is CCC(N)Cc1cccc(F)c1OCc1noc(C)n1. The summed E-state index contributed by atoms with van der Waals surface area (Å²) in [6.07, 6.45) is 1.38. The summed E-state index contributed by atoms with van der Waals surface area (Å²) in [6, 6.07) is 4.80. The highest BCUT2D eigenvalue weighted by Gasteiger charge is 2.13. The van der Waals surface area contributed by atoms with Gasteiger partial charge in [0.05, 0.1) is 0 Å². The van der Waals surface area contributed by atoms with Crippen LogP contribution in [0.5, 0.6) is 5.75 Å². The summed E-state index contributed by atoms with van der Waals surface area (Å²) in [4.78, 5) is 4.01. The predicted molar refractivity (Wildman–Crippen MR) is 71.7 cm³/mol. The number of nitrogens with zero attached hydrogens (tertiary/aromatic N) is 2. The van der Waals surface area contributed by atoms with E-state index in [-0.39, 0.29) is 18.4 Å². The first-order valence-electron chi connectivity index (χ1n) is 6.55. The molecule has 2 N–H and O–H groups in total. The molecule has 1 aromatic carbocycles. The van der Waals surface area contributed by atoms with Crippen LogP contribution in [0.15, 0.2) is 22.7 Å². The molecule has 1 heterocycles. The number of benzene rings is 1. The second-order valence-corrected chi connectivity index (χ2v) is 4.62. The van der Waals surface area contributed by atoms with E-state index in [1.165, 1.54) is 6.07 Å². The number of halogens is 1. The zero-order valence-electron chi connectivity index (χ0n) is 11.6. The lowest BCUT2D eigenvalue weighted by Crippen LogP contribution is -2.22. The molecule has 1 aromatic heterocycles. The molecule has 1 unspecified atom stereocenters. The Bertz CT molecular complexity index is 571. The molecule has 108 valence electrons. The number of aromatic nitrogens is 2. The van der Waals surface area contributed by atoms with Gasteiger partial charge in [0.25, 0.3) is 0 Å². The van der Waals surface area contributed by atoms with Gasteiger partial charge in [-0.15, -0.1) is 0 Å². The van der Waals surface area contributed by atoms with E-state index >= 15 is 0 Å². The number of ether oxygens (including phenoxy) is 1. The molecule has 2 aromatic rings. The lowest BCUT2D eigenvalue weighted by Gasteiger charge is -2.14. The molecule has 0 amide bonds. The minimum absolute atomic E-state index is 0.0217. The molecule has 0 aliphatic carbocycles. The highest BCUT2D eigenvalue weighted by molar-refractivity contribution is 5.35. The number of hydrogen-bond donors (Lipinski definition) is 1. The van der Waals surface area contributed by atoms with Gasteiger partial charge in [-0.2, -0.15) is 4.98 Å². The van der Waals surface area contributed by atoms with Crippen LogP contribution in [0.2, 0.25) is 0 Å². The van der Waals surface area contributed by atoms with E-state index in [9.17, 15) is 4.39 Å². The van der Waals surface area contributed by atoms with Crippen molar-refractivity contribution in [3.05, 3.63) is 41.3 Å². The Morgan fingerprint density at radius 1 is 1.45 bits per heavy atom. The van der Waals surface area contributed by atoms with Crippen molar-refractivity contribution >= 4 is 0 Å². The average molecular weight is 279 g/mol. The van der Waals surface area contributed by atoms with Gasteiger partial charge < -0.3 is 15.0 Å². The van der Waals surface area contributed by atoms with E-state index in [1.54, 1.807) is 13.0 Å². The average Bonchev–Trinajstić information content (AvgIpc) is 2.83. The quantitative estimate of drug-likeness (QED) is 0.878. The summed E-state index contributed by atoms with van der Waals surface area (Å²) in [5.74, 6) is 0.631. The molecule has 0 aliphatic rings. The zero-order chi connectivity index (χ0) is 14.5. The second-order valence-electron chi connectivity index (χ2n) is 4.62. The number of hydrogen-bond acceptors (Lipinski definition) is 5. The number of para-hydroxylation sites is 1. The molecule has 2 rings (SSSR count). The Kier molecular flexibility index (Phi) is 4.68. The normalized spacial score (nSPS) is 12.4. The molecule has 0 aliphatic heterocycles. The molecule has 6 heteroatoms. The summed E-state index contributed by atoms with van der Waals surface area (Å²) in [5.41, 5.74) is 6.67. The lowest BCUT2D eigenvalue weighted by molar-refractivity contribution is 0.269. The van der Waals surface area contributed by atoms with Gasteiger partial charge >= 0.3 is 0 Å². The second kappa shape index (κ2) is 6.47. The van der Waals surface area contributed by atoms with Crippen LogP contribution < -0.4 is 10.5 Å². The highest BCUT2D eigenvalue weighted by Crippen LogP contribution is 2.25. The fourth-order valence-electron chi connectivity index (χ4n) is 1.84. The van der Waals surface area contributed by atoms with E-state index in [0.29, 0.717) is 18.1 Å². The fourth-order valence-corrected chi connectivity index (χ4v) is 1.84. The van der Waals surface area contributed by atoms with E-state index in [2.05, 4.69) is 10.1 Å². The van der Waals surface area contributed by atoms with Crippen LogP contribution in [0, 0.1) is 12.7 Å². The van der Waals surface area contributed by atoms with Gasteiger partial charge in [-0.1, -0.05) is 24.2 Å². The van der Waals surface area contributed by atoms with Crippen LogP contribution in [0.4, 0.5) is 4.39 Å². The maximum atomic E-state index is 13.9. The van der Waals surface area contributed by atoms with Crippen molar-refractivity contribution in [1.82, 2.24) is 10.1 Å². The standard InChI is InChI=1S/C14H18FN3O2/c1-3-11(16)7-10-5-4-6-12(15)14(10)19-8-13-17-9(2)20-18-13/h4-6,11H,3,7-8,16H2,1-2H3. The third-order valence-electron chi connectivity index (χ3n) is 2.97. The molecule has 0 saturated heterocycles. The summed E-state index contributed by atoms with van der Waals surface area (Å²) < 4.78 is 24.2. The lowest BCUT2D eigenvalue weighted by atomic mass is 10.0. The van der Waals surface area contributed by atoms with Crippen LogP contribution in [0.1, 0.15) is 30.6 Å². The van der Waals surface area contributed by atoms with Gasteiger partial charge in [0, 0.05) is 13.0 Å². The van der Waals surface area contributed by atoms with Crippen molar-refractivity contribution in [1.29, 1.82) is 0 Å². The predicted octanol–water partition coefficient (Wildman–Crippen LogP) is 2.38. The molecule has 0 radical (unpaired) electrons. The first-order valence-corrected chi connectivity index (χ1v) is 6.55. The molecule has 0 spiro atoms. The van der Waals surface area contributed by atoms with Crippen molar-refractivity contribution < 1.29 is 13.7 Å². The van der Waals surface area contributed by atoms with Gasteiger partial charge in [-0.25, -0.2) is 4.39 Å². The maximum absolute atomic E-state index is 13.9. The molecule has 5 nitrogen and oxygen atoms in total. The minimum atomic E-state index is -0.411. The third-order valence-corrected chi connectivity index (χ3v) is 2.97. The topological polar surface area (TPSA) is 74.2 Å². The summed E-state index contributed by atoms with van der Waals surface area (Å²) >= 11 is 0. The molecule has 0 bridgehead atoms. The van der Waals surface area contributed by atoms with Crippen molar-refractivity contribution in [2.75, 3.05) is 0 Å². The van der Waals surface area contributed by atoms with Crippen LogP contribution >= 0.6 is 0 Å². The van der Waals surface area contributed by atoms with Crippen molar-refractivity contribution in [2.24, 2.45) is 5.73 Å². The van der Waals surface area contributed by atoms with E-state index in [0.717, 1.165) is 12.0 Å². The summed E-state index contributed by atoms with van der Waals surface area (Å²) in [5, 5.41) is 3.71. The van der Waals surface area contributed by atoms with Gasteiger partial charge in [0.15, 0.2) is 18.2 Å². The van der Waals surface area contributed by atoms with Crippen LogP contribution in [0.25, 0.3) is 0 Å². The zero-order valence-corrected chi connectivity index (χ0v) is 11.6. The van der Waals surface area contributed by atoms with Gasteiger partial charge in [-0.3, -0.25) is 0 Å². The highest BCUT2D eigenvalue weighted by atomic mass is 19.1. The van der Waals surface area contributed by atoms with Crippen LogP contribution in [0.3, 0.4) is 0 Å². The molecule has 1 atom stereocenters. The third kappa shape index (κ3) is 3.54. The van der Waals surface area contributed by atoms with E-state index in [4.69, 9.17) is 15.0 Å². The monoisotopic (exact) mass is 279 g/mol.